The minimum Gasteiger partial charge on any atom is -0.464 e. The smallest absolute Gasteiger partial charge is 0.328 e. The van der Waals surface area contributed by atoms with E-state index in [9.17, 15) is 19.6 Å². The maximum absolute atomic E-state index is 12.9. The van der Waals surface area contributed by atoms with Gasteiger partial charge in [0.25, 0.3) is 0 Å². The zero-order valence-electron chi connectivity index (χ0n) is 17.0. The Kier molecular flexibility index (Phi) is 11.9. The fraction of sp³-hybridized carbons (Fsp3) is 0.842. The Balaban J connectivity index is 5.46. The van der Waals surface area contributed by atoms with Crippen LogP contribution in [0.2, 0.25) is 0 Å². The maximum atomic E-state index is 12.9. The Hall–Kier alpha value is -1.63. The lowest BCUT2D eigenvalue weighted by molar-refractivity contribution is -0.170. The molecule has 152 valence electrons. The second-order valence-electron chi connectivity index (χ2n) is 7.52. The Morgan fingerprint density at radius 1 is 1.12 bits per heavy atom. The summed E-state index contributed by atoms with van der Waals surface area (Å²) < 4.78 is 5.07. The van der Waals surface area contributed by atoms with Gasteiger partial charge in [0, 0.05) is 0 Å². The van der Waals surface area contributed by atoms with E-state index in [1.54, 1.807) is 6.92 Å². The molecule has 7 nitrogen and oxygen atoms in total. The predicted octanol–water partition coefficient (Wildman–Crippen LogP) is 2.76. The van der Waals surface area contributed by atoms with Crippen LogP contribution in [0.25, 0.3) is 0 Å². The molecule has 0 saturated heterocycles. The van der Waals surface area contributed by atoms with Crippen LogP contribution in [-0.4, -0.2) is 47.2 Å². The van der Waals surface area contributed by atoms with E-state index in [4.69, 9.17) is 4.74 Å². The molecular weight excluding hydrogens is 336 g/mol. The van der Waals surface area contributed by atoms with E-state index in [1.165, 1.54) is 0 Å². The second-order valence-corrected chi connectivity index (χ2v) is 7.52. The largest absolute Gasteiger partial charge is 0.464 e. The van der Waals surface area contributed by atoms with Crippen LogP contribution in [0.3, 0.4) is 0 Å². The van der Waals surface area contributed by atoms with Gasteiger partial charge in [-0.25, -0.2) is 9.86 Å². The lowest BCUT2D eigenvalue weighted by Gasteiger charge is -2.32. The number of carbonyl (C=O) groups is 3. The van der Waals surface area contributed by atoms with Crippen molar-refractivity contribution < 1.29 is 24.3 Å². The van der Waals surface area contributed by atoms with Gasteiger partial charge in [-0.2, -0.15) is 0 Å². The number of hydrogen-bond donors (Lipinski definition) is 2. The molecule has 0 aromatic carbocycles. The summed E-state index contributed by atoms with van der Waals surface area (Å²) in [5, 5.41) is 13.3. The normalized spacial score (nSPS) is 14.7. The average molecular weight is 373 g/mol. The fourth-order valence-electron chi connectivity index (χ4n) is 3.05. The molecule has 0 aromatic rings. The van der Waals surface area contributed by atoms with E-state index in [-0.39, 0.29) is 24.3 Å². The van der Waals surface area contributed by atoms with Crippen LogP contribution in [0.5, 0.6) is 0 Å². The van der Waals surface area contributed by atoms with Crippen molar-refractivity contribution in [2.75, 3.05) is 6.61 Å². The molecule has 0 aromatic heterocycles. The third-order valence-electron chi connectivity index (χ3n) is 4.15. The highest BCUT2D eigenvalue weighted by Crippen LogP contribution is 2.23. The van der Waals surface area contributed by atoms with Crippen LogP contribution in [-0.2, 0) is 19.1 Å². The van der Waals surface area contributed by atoms with Crippen LogP contribution in [0.4, 0.5) is 0 Å². The first-order valence-corrected chi connectivity index (χ1v) is 9.57. The van der Waals surface area contributed by atoms with Crippen LogP contribution >= 0.6 is 0 Å². The first-order valence-electron chi connectivity index (χ1n) is 9.57. The van der Waals surface area contributed by atoms with E-state index < -0.39 is 24.0 Å². The van der Waals surface area contributed by atoms with Crippen LogP contribution in [0.1, 0.15) is 67.2 Å². The van der Waals surface area contributed by atoms with Crippen molar-refractivity contribution in [2.45, 2.75) is 79.3 Å². The molecule has 0 aliphatic rings. The number of esters is 1. The predicted molar refractivity (Wildman–Crippen MR) is 99.3 cm³/mol. The molecular formula is C19H36N2O5. The van der Waals surface area contributed by atoms with Crippen molar-refractivity contribution in [2.24, 2.45) is 17.8 Å². The molecule has 2 N–H and O–H groups in total. The molecule has 0 unspecified atom stereocenters. The number of nitrogens with one attached hydrogen (secondary N) is 1. The molecule has 0 aliphatic carbocycles. The fourth-order valence-corrected chi connectivity index (χ4v) is 3.05. The summed E-state index contributed by atoms with van der Waals surface area (Å²) in [6, 6.07) is -1.36. The highest BCUT2D eigenvalue weighted by Gasteiger charge is 2.34. The van der Waals surface area contributed by atoms with E-state index in [1.807, 2.05) is 34.6 Å². The van der Waals surface area contributed by atoms with Gasteiger partial charge in [0.15, 0.2) is 0 Å². The van der Waals surface area contributed by atoms with E-state index in [0.717, 1.165) is 0 Å². The van der Waals surface area contributed by atoms with E-state index in [2.05, 4.69) is 5.32 Å². The highest BCUT2D eigenvalue weighted by atomic mass is 16.5. The zero-order valence-corrected chi connectivity index (χ0v) is 17.0. The van der Waals surface area contributed by atoms with Crippen LogP contribution < -0.4 is 5.32 Å². The summed E-state index contributed by atoms with van der Waals surface area (Å²) in [5.41, 5.74) is 0. The number of rotatable bonds is 13. The van der Waals surface area contributed by atoms with Crippen molar-refractivity contribution in [3.8, 4) is 0 Å². The van der Waals surface area contributed by atoms with Crippen LogP contribution in [0, 0.1) is 17.8 Å². The topological polar surface area (TPSA) is 95.9 Å². The Labute approximate surface area is 157 Å². The standard InChI is InChI=1S/C19H36N2O5/c1-7-9-17(21(25)12-22)15(10-13(3)4)18(23)20-16(11-14(5)6)19(24)26-8-2/h12-17,25H,7-11H2,1-6H3,(H,20,23)/t15-,16+,17+/m1/s1. The van der Waals surface area contributed by atoms with Crippen LogP contribution in [0.15, 0.2) is 0 Å². The molecule has 7 heteroatoms. The molecule has 0 rings (SSSR count). The third kappa shape index (κ3) is 8.65. The quantitative estimate of drug-likeness (QED) is 0.224. The van der Waals surface area contributed by atoms with Crippen molar-refractivity contribution in [3.63, 3.8) is 0 Å². The summed E-state index contributed by atoms with van der Waals surface area (Å²) in [6.07, 6.45) is 2.50. The highest BCUT2D eigenvalue weighted by molar-refractivity contribution is 5.86. The molecule has 0 spiro atoms. The van der Waals surface area contributed by atoms with Gasteiger partial charge in [-0.15, -0.1) is 0 Å². The molecule has 0 aliphatic heterocycles. The number of ether oxygens (including phenoxy) is 1. The lowest BCUT2D eigenvalue weighted by atomic mass is 9.86. The Bertz CT molecular complexity index is 440. The van der Waals surface area contributed by atoms with Gasteiger partial charge in [0.2, 0.25) is 12.3 Å². The summed E-state index contributed by atoms with van der Waals surface area (Å²) in [6.45, 7) is 11.8. The molecule has 26 heavy (non-hydrogen) atoms. The second kappa shape index (κ2) is 12.7. The van der Waals surface area contributed by atoms with Gasteiger partial charge in [-0.1, -0.05) is 41.0 Å². The minimum absolute atomic E-state index is 0.191. The summed E-state index contributed by atoms with van der Waals surface area (Å²) in [7, 11) is 0. The maximum Gasteiger partial charge on any atom is 0.328 e. The summed E-state index contributed by atoms with van der Waals surface area (Å²) in [4.78, 5) is 36.2. The van der Waals surface area contributed by atoms with E-state index in [0.29, 0.717) is 37.2 Å². The zero-order chi connectivity index (χ0) is 20.3. The first kappa shape index (κ1) is 24.4. The molecule has 0 saturated carbocycles. The molecule has 3 atom stereocenters. The van der Waals surface area contributed by atoms with E-state index >= 15 is 0 Å². The van der Waals surface area contributed by atoms with Gasteiger partial charge in [0.1, 0.15) is 6.04 Å². The average Bonchev–Trinajstić information content (AvgIpc) is 2.56. The number of carbonyl (C=O) groups excluding carboxylic acids is 3. The first-order chi connectivity index (χ1) is 12.2. The Morgan fingerprint density at radius 3 is 2.12 bits per heavy atom. The number of hydroxylamine groups is 2. The molecule has 0 bridgehead atoms. The summed E-state index contributed by atoms with van der Waals surface area (Å²) in [5.74, 6) is -1.01. The van der Waals surface area contributed by atoms with Gasteiger partial charge in [-0.05, 0) is 38.0 Å². The Morgan fingerprint density at radius 2 is 1.69 bits per heavy atom. The number of amides is 2. The number of nitrogens with zero attached hydrogens (tertiary/aromatic N) is 1. The van der Waals surface area contributed by atoms with Crippen molar-refractivity contribution in [1.82, 2.24) is 10.4 Å². The SMILES string of the molecule is CCC[C@@H]([C@@H](CC(C)C)C(=O)N[C@@H](CC(C)C)C(=O)OCC)N(O)C=O. The summed E-state index contributed by atoms with van der Waals surface area (Å²) >= 11 is 0. The minimum atomic E-state index is -0.734. The molecule has 0 radical (unpaired) electrons. The van der Waals surface area contributed by atoms with Gasteiger partial charge < -0.3 is 10.1 Å². The van der Waals surface area contributed by atoms with Crippen molar-refractivity contribution >= 4 is 18.3 Å². The van der Waals surface area contributed by atoms with Gasteiger partial charge in [-0.3, -0.25) is 14.8 Å². The molecule has 2 amide bonds. The molecule has 0 heterocycles. The van der Waals surface area contributed by atoms with Crippen molar-refractivity contribution in [1.29, 1.82) is 0 Å². The van der Waals surface area contributed by atoms with Gasteiger partial charge >= 0.3 is 5.97 Å². The number of hydrogen-bond acceptors (Lipinski definition) is 5. The third-order valence-corrected chi connectivity index (χ3v) is 4.15. The molecule has 0 fully saturated rings. The lowest BCUT2D eigenvalue weighted by Crippen LogP contribution is -2.50. The van der Waals surface area contributed by atoms with Crippen molar-refractivity contribution in [3.05, 3.63) is 0 Å². The monoisotopic (exact) mass is 372 g/mol. The van der Waals surface area contributed by atoms with Gasteiger partial charge in [0.05, 0.1) is 18.6 Å².